The highest BCUT2D eigenvalue weighted by atomic mass is 35.5. The molecule has 1 aromatic rings. The first-order valence-corrected chi connectivity index (χ1v) is 6.96. The zero-order valence-electron chi connectivity index (χ0n) is 11.7. The molecule has 0 atom stereocenters. The Balaban J connectivity index is 2.42. The summed E-state index contributed by atoms with van der Waals surface area (Å²) >= 11 is 6.01. The van der Waals surface area contributed by atoms with Gasteiger partial charge in [0.15, 0.2) is 0 Å². The minimum absolute atomic E-state index is 0.0212. The molecule has 0 unspecified atom stereocenters. The van der Waals surface area contributed by atoms with Crippen molar-refractivity contribution in [2.75, 3.05) is 31.6 Å². The van der Waals surface area contributed by atoms with Gasteiger partial charge in [-0.15, -0.1) is 0 Å². The first-order chi connectivity index (χ1) is 10.0. The number of carbonyl (C=O) groups excluding carboxylic acids is 1. The van der Waals surface area contributed by atoms with Crippen LogP contribution in [0.2, 0.25) is 5.02 Å². The van der Waals surface area contributed by atoms with E-state index >= 15 is 0 Å². The molecule has 0 saturated carbocycles. The number of halogens is 3. The second-order valence-electron chi connectivity index (χ2n) is 4.20. The SMILES string of the molecule is CCCNc1ncc(C(=O)NCCOCC(F)F)cc1Cl. The van der Waals surface area contributed by atoms with E-state index in [9.17, 15) is 13.6 Å². The van der Waals surface area contributed by atoms with Crippen LogP contribution in [0.15, 0.2) is 12.3 Å². The van der Waals surface area contributed by atoms with Crippen molar-refractivity contribution in [2.45, 2.75) is 19.8 Å². The zero-order chi connectivity index (χ0) is 15.7. The smallest absolute Gasteiger partial charge is 0.261 e. The third kappa shape index (κ3) is 6.68. The fourth-order valence-electron chi connectivity index (χ4n) is 1.45. The van der Waals surface area contributed by atoms with E-state index in [2.05, 4.69) is 20.4 Å². The summed E-state index contributed by atoms with van der Waals surface area (Å²) in [5.74, 6) is 0.141. The summed E-state index contributed by atoms with van der Waals surface area (Å²) in [5, 5.41) is 5.92. The van der Waals surface area contributed by atoms with Gasteiger partial charge >= 0.3 is 0 Å². The third-order valence-corrected chi connectivity index (χ3v) is 2.71. The molecule has 0 aliphatic carbocycles. The van der Waals surface area contributed by atoms with E-state index in [1.54, 1.807) is 0 Å². The largest absolute Gasteiger partial charge is 0.374 e. The maximum atomic E-state index is 11.8. The molecule has 118 valence electrons. The molecular weight excluding hydrogens is 304 g/mol. The lowest BCUT2D eigenvalue weighted by Crippen LogP contribution is -2.28. The van der Waals surface area contributed by atoms with Crippen LogP contribution in [0, 0.1) is 0 Å². The quantitative estimate of drug-likeness (QED) is 0.686. The predicted octanol–water partition coefficient (Wildman–Crippen LogP) is 2.57. The maximum Gasteiger partial charge on any atom is 0.261 e. The summed E-state index contributed by atoms with van der Waals surface area (Å²) in [6.07, 6.45) is -0.176. The average molecular weight is 322 g/mol. The summed E-state index contributed by atoms with van der Waals surface area (Å²) in [6, 6.07) is 1.50. The Bertz CT molecular complexity index is 461. The normalized spacial score (nSPS) is 10.7. The number of hydrogen-bond donors (Lipinski definition) is 2. The lowest BCUT2D eigenvalue weighted by atomic mass is 10.2. The molecule has 0 aromatic carbocycles. The van der Waals surface area contributed by atoms with Gasteiger partial charge in [-0.3, -0.25) is 4.79 Å². The van der Waals surface area contributed by atoms with Crippen molar-refractivity contribution in [3.63, 3.8) is 0 Å². The molecule has 0 spiro atoms. The second kappa shape index (κ2) is 9.46. The lowest BCUT2D eigenvalue weighted by Gasteiger charge is -2.09. The standard InChI is InChI=1S/C13H18ClF2N3O2/c1-2-3-17-12-10(14)6-9(7-19-12)13(20)18-4-5-21-8-11(15)16/h6-7,11H,2-5,8H2,1H3,(H,17,19)(H,18,20). The van der Waals surface area contributed by atoms with Crippen LogP contribution >= 0.6 is 11.6 Å². The topological polar surface area (TPSA) is 63.2 Å². The van der Waals surface area contributed by atoms with Crippen molar-refractivity contribution in [1.29, 1.82) is 0 Å². The Labute approximate surface area is 127 Å². The molecule has 1 heterocycles. The molecule has 1 aromatic heterocycles. The molecule has 8 heteroatoms. The number of alkyl halides is 2. The molecule has 0 saturated heterocycles. The van der Waals surface area contributed by atoms with Gasteiger partial charge in [-0.1, -0.05) is 18.5 Å². The monoisotopic (exact) mass is 321 g/mol. The van der Waals surface area contributed by atoms with E-state index in [0.717, 1.165) is 13.0 Å². The number of anilines is 1. The van der Waals surface area contributed by atoms with Gasteiger partial charge in [0.05, 0.1) is 17.2 Å². The van der Waals surface area contributed by atoms with E-state index in [0.29, 0.717) is 16.4 Å². The van der Waals surface area contributed by atoms with Gasteiger partial charge in [0.1, 0.15) is 12.4 Å². The van der Waals surface area contributed by atoms with E-state index in [-0.39, 0.29) is 19.1 Å². The number of nitrogens with zero attached hydrogens (tertiary/aromatic N) is 1. The number of aromatic nitrogens is 1. The summed E-state index contributed by atoms with van der Waals surface area (Å²) in [5.41, 5.74) is 0.302. The Hall–Kier alpha value is -1.47. The predicted molar refractivity (Wildman–Crippen MR) is 77.2 cm³/mol. The van der Waals surface area contributed by atoms with Gasteiger partial charge in [0, 0.05) is 19.3 Å². The van der Waals surface area contributed by atoms with Crippen molar-refractivity contribution in [3.05, 3.63) is 22.8 Å². The molecule has 1 amide bonds. The van der Waals surface area contributed by atoms with Gasteiger partial charge in [0.25, 0.3) is 12.3 Å². The van der Waals surface area contributed by atoms with E-state index in [1.165, 1.54) is 12.3 Å². The van der Waals surface area contributed by atoms with Crippen LogP contribution in [0.1, 0.15) is 23.7 Å². The molecule has 21 heavy (non-hydrogen) atoms. The molecule has 0 bridgehead atoms. The van der Waals surface area contributed by atoms with E-state index in [1.807, 2.05) is 6.92 Å². The van der Waals surface area contributed by atoms with E-state index < -0.39 is 13.0 Å². The first kappa shape index (κ1) is 17.6. The number of ether oxygens (including phenoxy) is 1. The fraction of sp³-hybridized carbons (Fsp3) is 0.538. The highest BCUT2D eigenvalue weighted by Gasteiger charge is 2.09. The number of hydrogen-bond acceptors (Lipinski definition) is 4. The van der Waals surface area contributed by atoms with Crippen LogP contribution in [0.3, 0.4) is 0 Å². The van der Waals surface area contributed by atoms with Gasteiger partial charge in [-0.05, 0) is 12.5 Å². The van der Waals surface area contributed by atoms with Crippen LogP contribution in [-0.2, 0) is 4.74 Å². The van der Waals surface area contributed by atoms with Crippen molar-refractivity contribution in [2.24, 2.45) is 0 Å². The molecule has 0 aliphatic heterocycles. The summed E-state index contributed by atoms with van der Waals surface area (Å²) in [6.45, 7) is 2.27. The van der Waals surface area contributed by atoms with Gasteiger partial charge in [0.2, 0.25) is 0 Å². The summed E-state index contributed by atoms with van der Waals surface area (Å²) in [4.78, 5) is 15.9. The van der Waals surface area contributed by atoms with Crippen molar-refractivity contribution < 1.29 is 18.3 Å². The number of amides is 1. The van der Waals surface area contributed by atoms with Gasteiger partial charge in [-0.2, -0.15) is 0 Å². The van der Waals surface area contributed by atoms with Gasteiger partial charge in [-0.25, -0.2) is 13.8 Å². The van der Waals surface area contributed by atoms with Gasteiger partial charge < -0.3 is 15.4 Å². The molecule has 2 N–H and O–H groups in total. The lowest BCUT2D eigenvalue weighted by molar-refractivity contribution is 0.0188. The second-order valence-corrected chi connectivity index (χ2v) is 4.61. The Morgan fingerprint density at radius 3 is 2.86 bits per heavy atom. The fourth-order valence-corrected chi connectivity index (χ4v) is 1.68. The van der Waals surface area contributed by atoms with Crippen LogP contribution in [-0.4, -0.2) is 43.6 Å². The Morgan fingerprint density at radius 2 is 2.24 bits per heavy atom. The number of pyridine rings is 1. The summed E-state index contributed by atoms with van der Waals surface area (Å²) < 4.78 is 28.3. The number of nitrogens with one attached hydrogen (secondary N) is 2. The summed E-state index contributed by atoms with van der Waals surface area (Å²) in [7, 11) is 0. The molecule has 0 radical (unpaired) electrons. The molecular formula is C13H18ClF2N3O2. The third-order valence-electron chi connectivity index (χ3n) is 2.42. The zero-order valence-corrected chi connectivity index (χ0v) is 12.4. The van der Waals surface area contributed by atoms with Crippen LogP contribution < -0.4 is 10.6 Å². The molecule has 1 rings (SSSR count). The van der Waals surface area contributed by atoms with Crippen LogP contribution in [0.4, 0.5) is 14.6 Å². The number of carbonyl (C=O) groups is 1. The van der Waals surface area contributed by atoms with Crippen LogP contribution in [0.25, 0.3) is 0 Å². The molecule has 0 fully saturated rings. The highest BCUT2D eigenvalue weighted by molar-refractivity contribution is 6.33. The van der Waals surface area contributed by atoms with Crippen molar-refractivity contribution >= 4 is 23.3 Å². The average Bonchev–Trinajstić information content (AvgIpc) is 2.45. The minimum Gasteiger partial charge on any atom is -0.374 e. The van der Waals surface area contributed by atoms with Crippen molar-refractivity contribution in [3.8, 4) is 0 Å². The maximum absolute atomic E-state index is 11.8. The van der Waals surface area contributed by atoms with E-state index in [4.69, 9.17) is 11.6 Å². The number of rotatable bonds is 9. The Kier molecular flexibility index (Phi) is 7.92. The molecule has 0 aliphatic rings. The van der Waals surface area contributed by atoms with Crippen molar-refractivity contribution in [1.82, 2.24) is 10.3 Å². The first-order valence-electron chi connectivity index (χ1n) is 6.58. The Morgan fingerprint density at radius 1 is 1.48 bits per heavy atom. The molecule has 5 nitrogen and oxygen atoms in total. The van der Waals surface area contributed by atoms with Crippen LogP contribution in [0.5, 0.6) is 0 Å². The highest BCUT2D eigenvalue weighted by Crippen LogP contribution is 2.19. The minimum atomic E-state index is -2.51.